The second-order valence-electron chi connectivity index (χ2n) is 14.1. The van der Waals surface area contributed by atoms with Gasteiger partial charge in [-0.2, -0.15) is 14.7 Å². The SMILES string of the molecule is CCCCCCCCCCCCCCCCCCOC(=O)CCc1cc(C(C)(C)C)c([P+](O)(O)O)c(C(C)(C)C)c1. The van der Waals surface area contributed by atoms with Gasteiger partial charge in [0, 0.05) is 17.5 Å². The van der Waals surface area contributed by atoms with Crippen molar-refractivity contribution in [2.75, 3.05) is 6.61 Å². The molecule has 3 N–H and O–H groups in total. The van der Waals surface area contributed by atoms with Gasteiger partial charge in [-0.05, 0) is 29.2 Å². The maximum Gasteiger partial charge on any atom is 0.441 e. The number of carbonyl (C=O) groups is 1. The first kappa shape index (κ1) is 38.0. The molecule has 0 radical (unpaired) electrons. The van der Waals surface area contributed by atoms with Gasteiger partial charge in [-0.1, -0.05) is 157 Å². The van der Waals surface area contributed by atoms with Gasteiger partial charge in [0.1, 0.15) is 0 Å². The third-order valence-corrected chi connectivity index (χ3v) is 9.05. The number of benzene rings is 1. The summed E-state index contributed by atoms with van der Waals surface area (Å²) < 4.78 is 5.50. The molecule has 1 rings (SSSR count). The third-order valence-electron chi connectivity index (χ3n) is 7.96. The highest BCUT2D eigenvalue weighted by Crippen LogP contribution is 2.49. The summed E-state index contributed by atoms with van der Waals surface area (Å²) in [6.07, 6.45) is 21.9. The zero-order valence-corrected chi connectivity index (χ0v) is 28.6. The fourth-order valence-corrected chi connectivity index (χ4v) is 6.91. The molecule has 0 saturated carbocycles. The molecule has 238 valence electrons. The topological polar surface area (TPSA) is 87.0 Å². The van der Waals surface area contributed by atoms with E-state index in [1.54, 1.807) is 0 Å². The molecule has 0 spiro atoms. The first-order valence-corrected chi connectivity index (χ1v) is 18.2. The minimum absolute atomic E-state index is 0.196. The van der Waals surface area contributed by atoms with Gasteiger partial charge < -0.3 is 4.74 Å². The van der Waals surface area contributed by atoms with Crippen molar-refractivity contribution < 1.29 is 24.2 Å². The van der Waals surface area contributed by atoms with Gasteiger partial charge >= 0.3 is 13.9 Å². The Bertz CT molecular complexity index is 826. The predicted octanol–water partition coefficient (Wildman–Crippen LogP) is 9.38. The van der Waals surface area contributed by atoms with Gasteiger partial charge in [0.15, 0.2) is 5.30 Å². The van der Waals surface area contributed by atoms with Crippen molar-refractivity contribution in [3.05, 3.63) is 28.8 Å². The lowest BCUT2D eigenvalue weighted by Crippen LogP contribution is -2.33. The van der Waals surface area contributed by atoms with E-state index in [4.69, 9.17) is 4.74 Å². The van der Waals surface area contributed by atoms with E-state index in [1.807, 2.05) is 53.7 Å². The minimum Gasteiger partial charge on any atom is -0.466 e. The van der Waals surface area contributed by atoms with Gasteiger partial charge in [-0.25, -0.2) is 0 Å². The summed E-state index contributed by atoms with van der Waals surface area (Å²) in [6, 6.07) is 3.82. The summed E-state index contributed by atoms with van der Waals surface area (Å²) in [4.78, 5) is 43.4. The van der Waals surface area contributed by atoms with E-state index < -0.39 is 18.8 Å². The van der Waals surface area contributed by atoms with Crippen molar-refractivity contribution in [2.45, 2.75) is 175 Å². The molecule has 0 atom stereocenters. The number of aryl methyl sites for hydroxylation is 1. The smallest absolute Gasteiger partial charge is 0.441 e. The second kappa shape index (κ2) is 19.3. The van der Waals surface area contributed by atoms with Crippen LogP contribution in [0.3, 0.4) is 0 Å². The molecule has 1 aromatic carbocycles. The lowest BCUT2D eigenvalue weighted by atomic mass is 9.79. The Labute approximate surface area is 253 Å². The zero-order valence-electron chi connectivity index (χ0n) is 27.7. The van der Waals surface area contributed by atoms with E-state index in [9.17, 15) is 19.5 Å². The average molecular weight is 596 g/mol. The Morgan fingerprint density at radius 1 is 0.659 bits per heavy atom. The standard InChI is InChI=1S/C35H64O5P/c1-8-9-10-11-12-13-14-15-16-17-18-19-20-21-22-23-26-40-32(36)25-24-29-27-30(34(2,3)4)33(41(37,38)39)31(28-29)35(5,6)7/h27-28,37-39H,8-26H2,1-7H3/q+1. The maximum absolute atomic E-state index is 12.4. The predicted molar refractivity (Wildman–Crippen MR) is 176 cm³/mol. The van der Waals surface area contributed by atoms with Crippen molar-refractivity contribution in [3.63, 3.8) is 0 Å². The fraction of sp³-hybridized carbons (Fsp3) is 0.800. The highest BCUT2D eigenvalue weighted by molar-refractivity contribution is 7.67. The Kier molecular flexibility index (Phi) is 17.9. The van der Waals surface area contributed by atoms with E-state index in [0.29, 0.717) is 24.2 Å². The van der Waals surface area contributed by atoms with Crippen molar-refractivity contribution in [1.82, 2.24) is 0 Å². The van der Waals surface area contributed by atoms with Crippen molar-refractivity contribution in [2.24, 2.45) is 0 Å². The van der Waals surface area contributed by atoms with Crippen LogP contribution in [0.25, 0.3) is 0 Å². The Hall–Kier alpha value is -1.00. The molecule has 6 heteroatoms. The number of hydrogen-bond acceptors (Lipinski definition) is 5. The van der Waals surface area contributed by atoms with Crippen molar-refractivity contribution in [3.8, 4) is 0 Å². The lowest BCUT2D eigenvalue weighted by Gasteiger charge is -2.29. The summed E-state index contributed by atoms with van der Waals surface area (Å²) in [6.45, 7) is 14.7. The van der Waals surface area contributed by atoms with Crippen LogP contribution in [-0.2, 0) is 26.8 Å². The van der Waals surface area contributed by atoms with Crippen LogP contribution in [0, 0.1) is 0 Å². The summed E-state index contributed by atoms with van der Waals surface area (Å²) in [5.74, 6) is -0.196. The third kappa shape index (κ3) is 16.4. The normalized spacial score (nSPS) is 12.6. The van der Waals surface area contributed by atoms with Gasteiger partial charge in [-0.15, -0.1) is 0 Å². The van der Waals surface area contributed by atoms with E-state index in [2.05, 4.69) is 6.92 Å². The summed E-state index contributed by atoms with van der Waals surface area (Å²) in [7, 11) is -4.23. The van der Waals surface area contributed by atoms with Crippen LogP contribution >= 0.6 is 7.94 Å². The molecule has 1 aromatic rings. The molecule has 0 aliphatic rings. The number of rotatable bonds is 21. The van der Waals surface area contributed by atoms with Crippen LogP contribution in [0.1, 0.15) is 174 Å². The highest BCUT2D eigenvalue weighted by Gasteiger charge is 2.45. The number of ether oxygens (including phenoxy) is 1. The van der Waals surface area contributed by atoms with E-state index in [-0.39, 0.29) is 17.7 Å². The second-order valence-corrected chi connectivity index (χ2v) is 15.7. The van der Waals surface area contributed by atoms with Crippen molar-refractivity contribution in [1.29, 1.82) is 0 Å². The van der Waals surface area contributed by atoms with E-state index >= 15 is 0 Å². The van der Waals surface area contributed by atoms with Crippen LogP contribution in [0.4, 0.5) is 0 Å². The number of esters is 1. The van der Waals surface area contributed by atoms with E-state index in [0.717, 1.165) is 18.4 Å². The highest BCUT2D eigenvalue weighted by atomic mass is 31.2. The Morgan fingerprint density at radius 2 is 1.02 bits per heavy atom. The van der Waals surface area contributed by atoms with Gasteiger partial charge in [0.05, 0.1) is 6.61 Å². The molecule has 0 amide bonds. The minimum atomic E-state index is -4.23. The van der Waals surface area contributed by atoms with Gasteiger partial charge in [0.2, 0.25) is 0 Å². The summed E-state index contributed by atoms with van der Waals surface area (Å²) in [5.41, 5.74) is 1.55. The van der Waals surface area contributed by atoms with Crippen LogP contribution in [0.5, 0.6) is 0 Å². The van der Waals surface area contributed by atoms with Crippen LogP contribution in [-0.4, -0.2) is 27.3 Å². The lowest BCUT2D eigenvalue weighted by molar-refractivity contribution is -0.143. The molecule has 0 aliphatic heterocycles. The number of hydrogen-bond donors (Lipinski definition) is 3. The Balaban J connectivity index is 2.29. The molecule has 5 nitrogen and oxygen atoms in total. The molecule has 0 saturated heterocycles. The molecule has 0 heterocycles. The molecule has 0 fully saturated rings. The van der Waals surface area contributed by atoms with Crippen LogP contribution in [0.2, 0.25) is 0 Å². The van der Waals surface area contributed by atoms with Gasteiger partial charge in [-0.3, -0.25) is 4.79 Å². The maximum atomic E-state index is 12.4. The first-order valence-electron chi connectivity index (χ1n) is 16.6. The summed E-state index contributed by atoms with van der Waals surface area (Å²) in [5, 5.41) is 0.243. The summed E-state index contributed by atoms with van der Waals surface area (Å²) >= 11 is 0. The number of carbonyl (C=O) groups excluding carboxylic acids is 1. The molecule has 0 unspecified atom stereocenters. The fourth-order valence-electron chi connectivity index (χ4n) is 5.46. The molecule has 0 aliphatic carbocycles. The Morgan fingerprint density at radius 3 is 1.37 bits per heavy atom. The van der Waals surface area contributed by atoms with E-state index in [1.165, 1.54) is 89.9 Å². The van der Waals surface area contributed by atoms with Crippen LogP contribution in [0.15, 0.2) is 12.1 Å². The largest absolute Gasteiger partial charge is 0.466 e. The van der Waals surface area contributed by atoms with Gasteiger partial charge in [0.25, 0.3) is 0 Å². The molecular formula is C35H64O5P+. The van der Waals surface area contributed by atoms with Crippen LogP contribution < -0.4 is 5.30 Å². The molecule has 0 bridgehead atoms. The number of unbranched alkanes of at least 4 members (excludes halogenated alkanes) is 15. The first-order chi connectivity index (χ1) is 19.2. The molecule has 41 heavy (non-hydrogen) atoms. The molecular weight excluding hydrogens is 531 g/mol. The zero-order chi connectivity index (χ0) is 30.9. The molecule has 0 aromatic heterocycles. The quantitative estimate of drug-likeness (QED) is 0.0749. The average Bonchev–Trinajstić information content (AvgIpc) is 2.87. The monoisotopic (exact) mass is 595 g/mol. The van der Waals surface area contributed by atoms with Crippen molar-refractivity contribution >= 4 is 19.2 Å².